The third-order valence-corrected chi connectivity index (χ3v) is 9.27. The number of nitrogens with zero attached hydrogens (tertiary/aromatic N) is 4. The van der Waals surface area contributed by atoms with Gasteiger partial charge in [-0.1, -0.05) is 23.7 Å². The van der Waals surface area contributed by atoms with E-state index in [-0.39, 0.29) is 0 Å². The molecule has 3 N–H and O–H groups in total. The van der Waals surface area contributed by atoms with E-state index in [9.17, 15) is 4.57 Å². The van der Waals surface area contributed by atoms with E-state index >= 15 is 0 Å². The highest BCUT2D eigenvalue weighted by molar-refractivity contribution is 7.70. The van der Waals surface area contributed by atoms with E-state index in [1.807, 2.05) is 36.4 Å². The van der Waals surface area contributed by atoms with Crippen LogP contribution in [0.4, 0.5) is 28.8 Å². The van der Waals surface area contributed by atoms with Gasteiger partial charge in [-0.15, -0.1) is 0 Å². The van der Waals surface area contributed by atoms with Crippen molar-refractivity contribution in [1.82, 2.24) is 19.9 Å². The van der Waals surface area contributed by atoms with Crippen molar-refractivity contribution in [3.8, 4) is 5.75 Å². The second-order valence-electron chi connectivity index (χ2n) is 10.8. The van der Waals surface area contributed by atoms with Gasteiger partial charge >= 0.3 is 0 Å². The first-order valence-electron chi connectivity index (χ1n) is 13.2. The molecule has 39 heavy (non-hydrogen) atoms. The Morgan fingerprint density at radius 1 is 1.13 bits per heavy atom. The molecule has 6 rings (SSSR count). The maximum absolute atomic E-state index is 12.9. The van der Waals surface area contributed by atoms with Crippen LogP contribution in [0.5, 0.6) is 5.75 Å². The van der Waals surface area contributed by atoms with Crippen LogP contribution in [0.2, 0.25) is 5.02 Å². The van der Waals surface area contributed by atoms with E-state index in [0.29, 0.717) is 46.5 Å². The number of rotatable bonds is 6. The van der Waals surface area contributed by atoms with Crippen LogP contribution in [-0.2, 0) is 4.57 Å². The molecule has 0 spiro atoms. The first-order valence-corrected chi connectivity index (χ1v) is 16.2. The Balaban J connectivity index is 1.29. The molecule has 1 fully saturated rings. The maximum Gasteiger partial charge on any atom is 0.231 e. The van der Waals surface area contributed by atoms with Gasteiger partial charge in [0.25, 0.3) is 0 Å². The normalized spacial score (nSPS) is 17.6. The van der Waals surface area contributed by atoms with Gasteiger partial charge in [0.15, 0.2) is 0 Å². The Kier molecular flexibility index (Phi) is 6.69. The van der Waals surface area contributed by atoms with Gasteiger partial charge < -0.3 is 29.8 Å². The third-order valence-electron chi connectivity index (χ3n) is 7.42. The summed E-state index contributed by atoms with van der Waals surface area (Å²) < 4.78 is 19.1. The second kappa shape index (κ2) is 10.0. The lowest BCUT2D eigenvalue weighted by molar-refractivity contribution is 0.142. The van der Waals surface area contributed by atoms with Gasteiger partial charge in [-0.3, -0.25) is 4.90 Å². The first-order chi connectivity index (χ1) is 18.7. The van der Waals surface area contributed by atoms with Crippen LogP contribution < -0.4 is 25.6 Å². The van der Waals surface area contributed by atoms with Crippen LogP contribution in [0.15, 0.2) is 48.7 Å². The van der Waals surface area contributed by atoms with Gasteiger partial charge in [0, 0.05) is 48.9 Å². The number of anilines is 5. The molecule has 0 amide bonds. The highest BCUT2D eigenvalue weighted by Crippen LogP contribution is 2.40. The predicted octanol–water partition coefficient (Wildman–Crippen LogP) is 5.64. The van der Waals surface area contributed by atoms with Gasteiger partial charge in [-0.05, 0) is 51.4 Å². The molecule has 2 aliphatic heterocycles. The van der Waals surface area contributed by atoms with E-state index in [4.69, 9.17) is 21.3 Å². The maximum atomic E-state index is 12.9. The number of nitrogens with one attached hydrogen (secondary N) is 3. The standard InChI is InChI=1S/C28H33ClN7O2P/c1-17(2)35-11-12-36-19(15-35)16-38-23-13-18(9-10-22(23)36)31-28-33-26-25(20(29)14-30-26)27(34-28)32-21-7-5-6-8-24(21)39(3,4)37/h5-10,13-14,17,19H,11-12,15-16H2,1-4H3,(H3,30,31,32,33,34)/t19-/m1/s1. The van der Waals surface area contributed by atoms with Gasteiger partial charge in [0.1, 0.15) is 31.0 Å². The van der Waals surface area contributed by atoms with Crippen molar-refractivity contribution in [3.05, 3.63) is 53.7 Å². The molecule has 1 saturated heterocycles. The third kappa shape index (κ3) is 5.07. The van der Waals surface area contributed by atoms with Crippen molar-refractivity contribution >= 4 is 63.9 Å². The summed E-state index contributed by atoms with van der Waals surface area (Å²) in [7, 11) is -2.53. The lowest BCUT2D eigenvalue weighted by Gasteiger charge is -2.46. The monoisotopic (exact) mass is 565 g/mol. The summed E-state index contributed by atoms with van der Waals surface area (Å²) in [5, 5.41) is 8.61. The van der Waals surface area contributed by atoms with Crippen LogP contribution >= 0.6 is 18.7 Å². The zero-order valence-corrected chi connectivity index (χ0v) is 24.2. The van der Waals surface area contributed by atoms with E-state index in [1.165, 1.54) is 0 Å². The number of para-hydroxylation sites is 1. The van der Waals surface area contributed by atoms with Crippen LogP contribution in [0, 0.1) is 0 Å². The molecule has 0 saturated carbocycles. The lowest BCUT2D eigenvalue weighted by atomic mass is 10.1. The van der Waals surface area contributed by atoms with Gasteiger partial charge in [0.2, 0.25) is 5.95 Å². The average molecular weight is 566 g/mol. The van der Waals surface area contributed by atoms with Crippen LogP contribution in [0.1, 0.15) is 13.8 Å². The highest BCUT2D eigenvalue weighted by atomic mass is 35.5. The molecule has 1 atom stereocenters. The summed E-state index contributed by atoms with van der Waals surface area (Å²) in [5.74, 6) is 1.78. The number of aromatic nitrogens is 3. The summed E-state index contributed by atoms with van der Waals surface area (Å²) in [6, 6.07) is 14.6. The number of hydrogen-bond acceptors (Lipinski definition) is 8. The van der Waals surface area contributed by atoms with Crippen molar-refractivity contribution in [2.75, 3.05) is 55.1 Å². The fourth-order valence-corrected chi connectivity index (χ4v) is 6.78. The Bertz CT molecular complexity index is 1580. The Hall–Kier alpha value is -3.26. The minimum absolute atomic E-state index is 0.355. The van der Waals surface area contributed by atoms with Crippen molar-refractivity contribution in [2.24, 2.45) is 0 Å². The summed E-state index contributed by atoms with van der Waals surface area (Å²) in [6.45, 7) is 11.7. The van der Waals surface area contributed by atoms with E-state index in [0.717, 1.165) is 47.8 Å². The predicted molar refractivity (Wildman–Crippen MR) is 161 cm³/mol. The number of benzene rings is 2. The molecule has 11 heteroatoms. The number of ether oxygens (including phenoxy) is 1. The Labute approximate surface area is 233 Å². The van der Waals surface area contributed by atoms with Gasteiger partial charge in [-0.25, -0.2) is 0 Å². The van der Waals surface area contributed by atoms with Crippen molar-refractivity contribution in [1.29, 1.82) is 0 Å². The van der Waals surface area contributed by atoms with Crippen molar-refractivity contribution < 1.29 is 9.30 Å². The summed E-state index contributed by atoms with van der Waals surface area (Å²) in [5.41, 5.74) is 3.26. The van der Waals surface area contributed by atoms with Crippen LogP contribution in [0.3, 0.4) is 0 Å². The summed E-state index contributed by atoms with van der Waals surface area (Å²) in [6.07, 6.45) is 1.69. The fourth-order valence-electron chi connectivity index (χ4n) is 5.39. The smallest absolute Gasteiger partial charge is 0.231 e. The molecule has 4 aromatic rings. The van der Waals surface area contributed by atoms with E-state index in [1.54, 1.807) is 19.5 Å². The molecule has 0 radical (unpaired) electrons. The number of hydrogen-bond donors (Lipinski definition) is 3. The molecular formula is C28H33ClN7O2P. The number of H-pyrrole nitrogens is 1. The minimum Gasteiger partial charge on any atom is -0.489 e. The SMILES string of the molecule is CC(C)N1CCN2c3ccc(Nc4nc(Nc5ccccc5P(C)(C)=O)c5c(Cl)c[nH]c5n4)cc3OC[C@H]2C1. The molecule has 2 aliphatic rings. The van der Waals surface area contributed by atoms with Crippen LogP contribution in [0.25, 0.3) is 11.0 Å². The number of piperazine rings is 1. The van der Waals surface area contributed by atoms with E-state index < -0.39 is 7.14 Å². The molecule has 0 bridgehead atoms. The molecule has 0 aliphatic carbocycles. The average Bonchev–Trinajstić information content (AvgIpc) is 3.28. The minimum atomic E-state index is -2.53. The van der Waals surface area contributed by atoms with Crippen molar-refractivity contribution in [3.63, 3.8) is 0 Å². The van der Waals surface area contributed by atoms with E-state index in [2.05, 4.69) is 50.3 Å². The topological polar surface area (TPSA) is 98.4 Å². The quantitative estimate of drug-likeness (QED) is 0.258. The molecule has 4 heterocycles. The Morgan fingerprint density at radius 3 is 2.74 bits per heavy atom. The lowest BCUT2D eigenvalue weighted by Crippen LogP contribution is -2.58. The summed E-state index contributed by atoms with van der Waals surface area (Å²) in [4.78, 5) is 17.5. The molecule has 2 aromatic carbocycles. The fraction of sp³-hybridized carbons (Fsp3) is 0.357. The van der Waals surface area contributed by atoms with Gasteiger partial charge in [-0.2, -0.15) is 9.97 Å². The zero-order chi connectivity index (χ0) is 27.3. The van der Waals surface area contributed by atoms with Crippen molar-refractivity contribution in [2.45, 2.75) is 25.9 Å². The number of fused-ring (bicyclic) bond motifs is 4. The second-order valence-corrected chi connectivity index (χ2v) is 14.4. The van der Waals surface area contributed by atoms with Gasteiger partial charge in [0.05, 0.1) is 27.8 Å². The molecule has 9 nitrogen and oxygen atoms in total. The zero-order valence-electron chi connectivity index (χ0n) is 22.5. The first kappa shape index (κ1) is 26.0. The molecule has 0 unspecified atom stereocenters. The molecule has 204 valence electrons. The Morgan fingerprint density at radius 2 is 1.95 bits per heavy atom. The molecular weight excluding hydrogens is 533 g/mol. The number of aromatic amines is 1. The largest absolute Gasteiger partial charge is 0.489 e. The molecule has 2 aromatic heterocycles. The number of halogens is 1. The van der Waals surface area contributed by atoms with Crippen LogP contribution in [-0.4, -0.2) is 71.5 Å². The highest BCUT2D eigenvalue weighted by Gasteiger charge is 2.33. The summed E-state index contributed by atoms with van der Waals surface area (Å²) >= 11 is 6.50.